The lowest BCUT2D eigenvalue weighted by atomic mass is 9.83. The molecule has 1 nitrogen and oxygen atoms in total. The van der Waals surface area contributed by atoms with Gasteiger partial charge in [0.2, 0.25) is 0 Å². The Morgan fingerprint density at radius 2 is 1.87 bits per heavy atom. The Balaban J connectivity index is 2.21. The van der Waals surface area contributed by atoms with Crippen LogP contribution in [0.3, 0.4) is 0 Å². The molecule has 0 aromatic heterocycles. The maximum atomic E-state index is 3.75. The highest BCUT2D eigenvalue weighted by atomic mass is 14.9. The van der Waals surface area contributed by atoms with Gasteiger partial charge in [0, 0.05) is 12.6 Å². The predicted octanol–water partition coefficient (Wildman–Crippen LogP) is 4.13. The van der Waals surface area contributed by atoms with Gasteiger partial charge in [-0.2, -0.15) is 0 Å². The Hall–Kier alpha value is -0.0400. The molecule has 1 N–H and O–H groups in total. The number of rotatable bonds is 7. The summed E-state index contributed by atoms with van der Waals surface area (Å²) in [7, 11) is 0. The molecule has 0 aromatic carbocycles. The van der Waals surface area contributed by atoms with E-state index in [1.807, 2.05) is 0 Å². The number of hydrogen-bond acceptors (Lipinski definition) is 1. The van der Waals surface area contributed by atoms with Gasteiger partial charge >= 0.3 is 0 Å². The van der Waals surface area contributed by atoms with Crippen LogP contribution < -0.4 is 5.32 Å². The summed E-state index contributed by atoms with van der Waals surface area (Å²) >= 11 is 0. The Morgan fingerprint density at radius 1 is 1.20 bits per heavy atom. The van der Waals surface area contributed by atoms with Gasteiger partial charge in [-0.25, -0.2) is 0 Å². The van der Waals surface area contributed by atoms with Crippen molar-refractivity contribution in [3.05, 3.63) is 0 Å². The van der Waals surface area contributed by atoms with E-state index in [-0.39, 0.29) is 0 Å². The number of unbranched alkanes of at least 4 members (excludes halogenated alkanes) is 1. The van der Waals surface area contributed by atoms with Crippen LogP contribution in [0.2, 0.25) is 0 Å². The lowest BCUT2D eigenvalue weighted by Crippen LogP contribution is -2.36. The molecule has 0 spiro atoms. The highest BCUT2D eigenvalue weighted by molar-refractivity contribution is 4.86. The van der Waals surface area contributed by atoms with E-state index in [9.17, 15) is 0 Å². The first-order valence-corrected chi connectivity index (χ1v) is 6.96. The summed E-state index contributed by atoms with van der Waals surface area (Å²) in [5, 5.41) is 3.75. The molecule has 15 heavy (non-hydrogen) atoms. The molecule has 1 aliphatic carbocycles. The largest absolute Gasteiger partial charge is 0.314 e. The summed E-state index contributed by atoms with van der Waals surface area (Å²) in [4.78, 5) is 0. The van der Waals surface area contributed by atoms with Crippen molar-refractivity contribution >= 4 is 0 Å². The second-order valence-corrected chi connectivity index (χ2v) is 5.48. The second-order valence-electron chi connectivity index (χ2n) is 5.48. The fraction of sp³-hybridized carbons (Fsp3) is 1.00. The summed E-state index contributed by atoms with van der Waals surface area (Å²) in [6.07, 6.45) is 11.2. The van der Waals surface area contributed by atoms with E-state index in [2.05, 4.69) is 26.1 Å². The Bertz CT molecular complexity index is 159. The quantitative estimate of drug-likeness (QED) is 0.668. The Labute approximate surface area is 96.0 Å². The van der Waals surface area contributed by atoms with Gasteiger partial charge in [0.05, 0.1) is 0 Å². The van der Waals surface area contributed by atoms with E-state index in [1.165, 1.54) is 57.9 Å². The smallest absolute Gasteiger partial charge is 0.00389 e. The van der Waals surface area contributed by atoms with E-state index in [4.69, 9.17) is 0 Å². The average Bonchev–Trinajstić information content (AvgIpc) is 2.73. The van der Waals surface area contributed by atoms with Crippen molar-refractivity contribution in [2.45, 2.75) is 78.2 Å². The molecule has 0 aliphatic heterocycles. The van der Waals surface area contributed by atoms with Crippen LogP contribution in [-0.4, -0.2) is 12.6 Å². The molecule has 1 saturated carbocycles. The third kappa shape index (κ3) is 4.14. The SMILES string of the molecule is CCCCC(C)NCC1(CC)CCCC1. The topological polar surface area (TPSA) is 12.0 Å². The van der Waals surface area contributed by atoms with Crippen LogP contribution in [0.1, 0.15) is 72.1 Å². The molecule has 0 heterocycles. The molecule has 1 unspecified atom stereocenters. The van der Waals surface area contributed by atoms with Gasteiger partial charge in [-0.3, -0.25) is 0 Å². The molecule has 0 bridgehead atoms. The van der Waals surface area contributed by atoms with Gasteiger partial charge < -0.3 is 5.32 Å². The monoisotopic (exact) mass is 211 g/mol. The van der Waals surface area contributed by atoms with Crippen LogP contribution >= 0.6 is 0 Å². The summed E-state index contributed by atoms with van der Waals surface area (Å²) < 4.78 is 0. The first-order chi connectivity index (χ1) is 7.22. The maximum absolute atomic E-state index is 3.75. The van der Waals surface area contributed by atoms with Crippen molar-refractivity contribution in [3.63, 3.8) is 0 Å². The summed E-state index contributed by atoms with van der Waals surface area (Å²) in [5.74, 6) is 0. The summed E-state index contributed by atoms with van der Waals surface area (Å²) in [5.41, 5.74) is 0.653. The highest BCUT2D eigenvalue weighted by Gasteiger charge is 2.31. The molecular weight excluding hydrogens is 182 g/mol. The van der Waals surface area contributed by atoms with E-state index >= 15 is 0 Å². The zero-order chi connectivity index (χ0) is 11.1. The molecule has 1 atom stereocenters. The molecule has 1 rings (SSSR count). The van der Waals surface area contributed by atoms with Gasteiger partial charge in [-0.1, -0.05) is 39.5 Å². The standard InChI is InChI=1S/C14H29N/c1-4-6-9-13(3)15-12-14(5-2)10-7-8-11-14/h13,15H,4-12H2,1-3H3. The van der Waals surface area contributed by atoms with Crippen molar-refractivity contribution in [3.8, 4) is 0 Å². The zero-order valence-corrected chi connectivity index (χ0v) is 10.9. The van der Waals surface area contributed by atoms with Crippen LogP contribution in [-0.2, 0) is 0 Å². The third-order valence-electron chi connectivity index (χ3n) is 4.23. The first-order valence-electron chi connectivity index (χ1n) is 6.96. The van der Waals surface area contributed by atoms with Crippen LogP contribution in [0.15, 0.2) is 0 Å². The highest BCUT2D eigenvalue weighted by Crippen LogP contribution is 2.40. The lowest BCUT2D eigenvalue weighted by molar-refractivity contribution is 0.255. The fourth-order valence-electron chi connectivity index (χ4n) is 2.78. The molecule has 0 saturated heterocycles. The second kappa shape index (κ2) is 6.52. The maximum Gasteiger partial charge on any atom is 0.00389 e. The summed E-state index contributed by atoms with van der Waals surface area (Å²) in [6, 6.07) is 0.717. The van der Waals surface area contributed by atoms with Crippen molar-refractivity contribution < 1.29 is 0 Å². The normalized spacial score (nSPS) is 21.8. The molecule has 1 aliphatic rings. The van der Waals surface area contributed by atoms with Crippen LogP contribution in [0.4, 0.5) is 0 Å². The molecule has 1 fully saturated rings. The van der Waals surface area contributed by atoms with Gasteiger partial charge in [0.25, 0.3) is 0 Å². The van der Waals surface area contributed by atoms with E-state index in [0.717, 1.165) is 0 Å². The minimum absolute atomic E-state index is 0.653. The minimum atomic E-state index is 0.653. The van der Waals surface area contributed by atoms with Crippen LogP contribution in [0.5, 0.6) is 0 Å². The van der Waals surface area contributed by atoms with Crippen molar-refractivity contribution in [1.82, 2.24) is 5.32 Å². The van der Waals surface area contributed by atoms with Crippen LogP contribution in [0, 0.1) is 5.41 Å². The van der Waals surface area contributed by atoms with Gasteiger partial charge in [0.15, 0.2) is 0 Å². The number of nitrogens with one attached hydrogen (secondary N) is 1. The van der Waals surface area contributed by atoms with Crippen molar-refractivity contribution in [2.24, 2.45) is 5.41 Å². The van der Waals surface area contributed by atoms with E-state index in [1.54, 1.807) is 0 Å². The Morgan fingerprint density at radius 3 is 2.40 bits per heavy atom. The molecular formula is C14H29N. The van der Waals surface area contributed by atoms with Crippen molar-refractivity contribution in [1.29, 1.82) is 0 Å². The minimum Gasteiger partial charge on any atom is -0.314 e. The van der Waals surface area contributed by atoms with Crippen molar-refractivity contribution in [2.75, 3.05) is 6.54 Å². The Kier molecular flexibility index (Phi) is 5.66. The number of hydrogen-bond donors (Lipinski definition) is 1. The summed E-state index contributed by atoms with van der Waals surface area (Å²) in [6.45, 7) is 8.24. The fourth-order valence-corrected chi connectivity index (χ4v) is 2.78. The van der Waals surface area contributed by atoms with Gasteiger partial charge in [-0.05, 0) is 38.0 Å². The molecule has 0 amide bonds. The molecule has 1 heteroatoms. The molecule has 90 valence electrons. The molecule has 0 radical (unpaired) electrons. The van der Waals surface area contributed by atoms with Crippen LogP contribution in [0.25, 0.3) is 0 Å². The molecule has 0 aromatic rings. The average molecular weight is 211 g/mol. The lowest BCUT2D eigenvalue weighted by Gasteiger charge is -2.29. The third-order valence-corrected chi connectivity index (χ3v) is 4.23. The zero-order valence-electron chi connectivity index (χ0n) is 10.9. The first kappa shape index (κ1) is 13.0. The van der Waals surface area contributed by atoms with Gasteiger partial charge in [0.1, 0.15) is 0 Å². The van der Waals surface area contributed by atoms with E-state index < -0.39 is 0 Å². The van der Waals surface area contributed by atoms with Gasteiger partial charge in [-0.15, -0.1) is 0 Å². The van der Waals surface area contributed by atoms with E-state index in [0.29, 0.717) is 11.5 Å². The predicted molar refractivity (Wildman–Crippen MR) is 68.2 cm³/mol.